The molecule has 0 saturated carbocycles. The van der Waals surface area contributed by atoms with Crippen LogP contribution in [0.5, 0.6) is 0 Å². The number of H-pyrrole nitrogens is 1. The molecule has 1 aliphatic rings. The van der Waals surface area contributed by atoms with Gasteiger partial charge < -0.3 is 4.57 Å². The Balaban J connectivity index is 1.40. The van der Waals surface area contributed by atoms with Crippen LogP contribution < -0.4 is 0 Å². The molecule has 0 saturated heterocycles. The topological polar surface area (TPSA) is 72.3 Å². The Kier molecular flexibility index (Phi) is 5.71. The number of halogens is 3. The van der Waals surface area contributed by atoms with Crippen molar-refractivity contribution in [3.05, 3.63) is 71.4 Å². The molecule has 9 heteroatoms. The molecular formula is C25H25F3N6. The van der Waals surface area contributed by atoms with Crippen LogP contribution >= 0.6 is 0 Å². The smallest absolute Gasteiger partial charge is 0.336 e. The Morgan fingerprint density at radius 3 is 2.74 bits per heavy atom. The fourth-order valence-electron chi connectivity index (χ4n) is 4.66. The number of alkyl halides is 3. The fourth-order valence-corrected chi connectivity index (χ4v) is 4.66. The molecule has 1 N–H and O–H groups in total. The van der Waals surface area contributed by atoms with E-state index in [0.29, 0.717) is 23.2 Å². The third-order valence-corrected chi connectivity index (χ3v) is 6.45. The Morgan fingerprint density at radius 1 is 1.09 bits per heavy atom. The Hall–Kier alpha value is -3.49. The van der Waals surface area contributed by atoms with Gasteiger partial charge in [0.2, 0.25) is 0 Å². The molecule has 4 aromatic rings. The van der Waals surface area contributed by atoms with E-state index in [1.165, 1.54) is 29.0 Å². The van der Waals surface area contributed by atoms with Crippen molar-refractivity contribution in [3.8, 4) is 22.6 Å². The predicted octanol–water partition coefficient (Wildman–Crippen LogP) is 5.99. The zero-order valence-electron chi connectivity index (χ0n) is 19.0. The molecule has 0 unspecified atom stereocenters. The van der Waals surface area contributed by atoms with Gasteiger partial charge in [-0.15, -0.1) is 0 Å². The maximum atomic E-state index is 13.2. The van der Waals surface area contributed by atoms with Gasteiger partial charge in [-0.2, -0.15) is 28.6 Å². The second-order valence-electron chi connectivity index (χ2n) is 9.11. The van der Waals surface area contributed by atoms with Crippen LogP contribution in [0.15, 0.2) is 49.1 Å². The van der Waals surface area contributed by atoms with Crippen molar-refractivity contribution in [3.63, 3.8) is 0 Å². The molecule has 5 rings (SSSR count). The van der Waals surface area contributed by atoms with Crippen LogP contribution in [0.1, 0.15) is 60.9 Å². The largest absolute Gasteiger partial charge is 0.437 e. The number of aryl methyl sites for hydroxylation is 1. The predicted molar refractivity (Wildman–Crippen MR) is 122 cm³/mol. The summed E-state index contributed by atoms with van der Waals surface area (Å²) in [7, 11) is 0. The SMILES string of the molecule is CC(C)c1ccc2c(c1)[C@@H](Cn1cnc(-c3cc(-c4n[nH]nc4C(F)(F)F)ccn3)c1)CCC2. The summed E-state index contributed by atoms with van der Waals surface area (Å²) in [6.07, 6.45) is 3.91. The number of nitrogens with zero attached hydrogens (tertiary/aromatic N) is 5. The highest BCUT2D eigenvalue weighted by atomic mass is 19.4. The van der Waals surface area contributed by atoms with Gasteiger partial charge in [-0.1, -0.05) is 32.0 Å². The van der Waals surface area contributed by atoms with E-state index in [1.54, 1.807) is 12.4 Å². The first-order valence-corrected chi connectivity index (χ1v) is 11.4. The number of hydrogen-bond acceptors (Lipinski definition) is 4. The van der Waals surface area contributed by atoms with E-state index in [2.05, 4.69) is 57.4 Å². The summed E-state index contributed by atoms with van der Waals surface area (Å²) in [5, 5.41) is 9.04. The minimum Gasteiger partial charge on any atom is -0.336 e. The summed E-state index contributed by atoms with van der Waals surface area (Å²) >= 11 is 0. The van der Waals surface area contributed by atoms with E-state index in [9.17, 15) is 13.2 Å². The van der Waals surface area contributed by atoms with E-state index in [4.69, 9.17) is 0 Å². The molecule has 1 aliphatic carbocycles. The molecular weight excluding hydrogens is 441 g/mol. The number of rotatable bonds is 5. The van der Waals surface area contributed by atoms with Crippen LogP contribution in [-0.2, 0) is 19.1 Å². The van der Waals surface area contributed by atoms with Gasteiger partial charge in [-0.3, -0.25) is 4.98 Å². The zero-order valence-corrected chi connectivity index (χ0v) is 19.0. The highest BCUT2D eigenvalue weighted by Crippen LogP contribution is 2.36. The highest BCUT2D eigenvalue weighted by molar-refractivity contribution is 5.67. The van der Waals surface area contributed by atoms with Crippen molar-refractivity contribution in [2.24, 2.45) is 0 Å². The standard InChI is InChI=1S/C25H25F3N6/c1-15(2)17-7-6-16-4-3-5-19(20(16)10-17)12-34-13-22(30-14-34)21-11-18(8-9-29-21)23-24(25(26,27)28)32-33-31-23/h6-11,13-15,19H,3-5,12H2,1-2H3,(H,31,32,33)/t19-/m1/s1. The van der Waals surface area contributed by atoms with Gasteiger partial charge in [-0.05, 0) is 54.0 Å². The molecule has 0 spiro atoms. The van der Waals surface area contributed by atoms with E-state index in [-0.39, 0.29) is 11.3 Å². The maximum Gasteiger partial charge on any atom is 0.437 e. The maximum absolute atomic E-state index is 13.2. The van der Waals surface area contributed by atoms with Gasteiger partial charge in [0.05, 0.1) is 12.0 Å². The lowest BCUT2D eigenvalue weighted by Crippen LogP contribution is -2.15. The van der Waals surface area contributed by atoms with E-state index < -0.39 is 11.9 Å². The molecule has 0 aliphatic heterocycles. The molecule has 0 amide bonds. The molecule has 1 atom stereocenters. The molecule has 34 heavy (non-hydrogen) atoms. The fraction of sp³-hybridized carbons (Fsp3) is 0.360. The van der Waals surface area contributed by atoms with Gasteiger partial charge in [0.25, 0.3) is 0 Å². The average Bonchev–Trinajstić information content (AvgIpc) is 3.49. The van der Waals surface area contributed by atoms with Gasteiger partial charge in [0.15, 0.2) is 5.69 Å². The highest BCUT2D eigenvalue weighted by Gasteiger charge is 2.38. The Bertz CT molecular complexity index is 1300. The number of hydrogen-bond donors (Lipinski definition) is 1. The van der Waals surface area contributed by atoms with Crippen molar-refractivity contribution in [1.82, 2.24) is 29.9 Å². The molecule has 176 valence electrons. The van der Waals surface area contributed by atoms with Crippen LogP contribution in [0, 0.1) is 0 Å². The zero-order chi connectivity index (χ0) is 23.9. The molecule has 0 bridgehead atoms. The Morgan fingerprint density at radius 2 is 1.94 bits per heavy atom. The number of benzene rings is 1. The monoisotopic (exact) mass is 466 g/mol. The van der Waals surface area contributed by atoms with Gasteiger partial charge in [-0.25, -0.2) is 4.98 Å². The molecule has 1 aromatic carbocycles. The van der Waals surface area contributed by atoms with Gasteiger partial charge in [0, 0.05) is 30.4 Å². The third-order valence-electron chi connectivity index (χ3n) is 6.45. The number of pyridine rings is 1. The van der Waals surface area contributed by atoms with Crippen molar-refractivity contribution in [2.75, 3.05) is 0 Å². The second kappa shape index (κ2) is 8.70. The van der Waals surface area contributed by atoms with Crippen molar-refractivity contribution >= 4 is 0 Å². The number of aromatic amines is 1. The number of imidazole rings is 1. The summed E-state index contributed by atoms with van der Waals surface area (Å²) in [5.41, 5.74) is 4.25. The lowest BCUT2D eigenvalue weighted by atomic mass is 9.81. The van der Waals surface area contributed by atoms with Crippen molar-refractivity contribution in [2.45, 2.75) is 57.7 Å². The lowest BCUT2D eigenvalue weighted by Gasteiger charge is -2.27. The lowest BCUT2D eigenvalue weighted by molar-refractivity contribution is -0.140. The van der Waals surface area contributed by atoms with E-state index >= 15 is 0 Å². The normalized spacial score (nSPS) is 16.1. The summed E-state index contributed by atoms with van der Waals surface area (Å²) in [4.78, 5) is 8.80. The average molecular weight is 467 g/mol. The summed E-state index contributed by atoms with van der Waals surface area (Å²) in [6.45, 7) is 5.21. The molecule has 6 nitrogen and oxygen atoms in total. The minimum atomic E-state index is -4.60. The molecule has 0 radical (unpaired) electrons. The van der Waals surface area contributed by atoms with Crippen LogP contribution in [0.25, 0.3) is 22.6 Å². The quantitative estimate of drug-likeness (QED) is 0.392. The first-order chi connectivity index (χ1) is 16.3. The summed E-state index contributed by atoms with van der Waals surface area (Å²) in [6, 6.07) is 9.90. The van der Waals surface area contributed by atoms with E-state index in [0.717, 1.165) is 25.8 Å². The van der Waals surface area contributed by atoms with Crippen LogP contribution in [-0.4, -0.2) is 29.9 Å². The van der Waals surface area contributed by atoms with Crippen molar-refractivity contribution < 1.29 is 13.2 Å². The summed E-state index contributed by atoms with van der Waals surface area (Å²) in [5.74, 6) is 0.877. The van der Waals surface area contributed by atoms with Crippen LogP contribution in [0.2, 0.25) is 0 Å². The van der Waals surface area contributed by atoms with E-state index in [1.807, 2.05) is 10.8 Å². The number of fused-ring (bicyclic) bond motifs is 1. The third kappa shape index (κ3) is 4.34. The summed E-state index contributed by atoms with van der Waals surface area (Å²) < 4.78 is 41.8. The van der Waals surface area contributed by atoms with Crippen LogP contribution in [0.4, 0.5) is 13.2 Å². The second-order valence-corrected chi connectivity index (χ2v) is 9.11. The number of nitrogens with one attached hydrogen (secondary N) is 1. The molecule has 3 heterocycles. The molecule has 0 fully saturated rings. The Labute approximate surface area is 195 Å². The van der Waals surface area contributed by atoms with Gasteiger partial charge >= 0.3 is 6.18 Å². The van der Waals surface area contributed by atoms with Crippen molar-refractivity contribution in [1.29, 1.82) is 0 Å². The first kappa shape index (κ1) is 22.3. The molecule has 3 aromatic heterocycles. The first-order valence-electron chi connectivity index (χ1n) is 11.4. The number of aromatic nitrogens is 6. The van der Waals surface area contributed by atoms with Gasteiger partial charge in [0.1, 0.15) is 11.4 Å². The van der Waals surface area contributed by atoms with Crippen LogP contribution in [0.3, 0.4) is 0 Å². The minimum absolute atomic E-state index is 0.254.